The summed E-state index contributed by atoms with van der Waals surface area (Å²) < 4.78 is 5.40. The van der Waals surface area contributed by atoms with Gasteiger partial charge in [-0.3, -0.25) is 9.59 Å². The zero-order valence-corrected chi connectivity index (χ0v) is 13.0. The van der Waals surface area contributed by atoms with Gasteiger partial charge >= 0.3 is 0 Å². The van der Waals surface area contributed by atoms with E-state index in [4.69, 9.17) is 4.74 Å². The Kier molecular flexibility index (Phi) is 5.63. The van der Waals surface area contributed by atoms with E-state index in [-0.39, 0.29) is 36.7 Å². The number of nitrogens with zero attached hydrogens (tertiary/aromatic N) is 1. The van der Waals surface area contributed by atoms with E-state index in [9.17, 15) is 9.59 Å². The topological polar surface area (TPSA) is 70.7 Å². The molecule has 0 saturated carbocycles. The highest BCUT2D eigenvalue weighted by atomic mass is 35.5. The summed E-state index contributed by atoms with van der Waals surface area (Å²) in [5.74, 6) is 0.906. The molecule has 2 amide bonds. The fourth-order valence-corrected chi connectivity index (χ4v) is 2.47. The van der Waals surface area contributed by atoms with Crippen molar-refractivity contribution in [2.45, 2.75) is 6.42 Å². The number of ether oxygens (including phenoxy) is 1. The highest BCUT2D eigenvalue weighted by Gasteiger charge is 2.26. The van der Waals surface area contributed by atoms with Gasteiger partial charge in [-0.15, -0.1) is 12.4 Å². The Bertz CT molecular complexity index is 549. The summed E-state index contributed by atoms with van der Waals surface area (Å²) in [6, 6.07) is 7.52. The van der Waals surface area contributed by atoms with Gasteiger partial charge in [-0.05, 0) is 18.6 Å². The lowest BCUT2D eigenvalue weighted by Crippen LogP contribution is -2.51. The van der Waals surface area contributed by atoms with Gasteiger partial charge in [0.15, 0.2) is 6.61 Å². The van der Waals surface area contributed by atoms with Crippen molar-refractivity contribution in [1.29, 1.82) is 0 Å². The van der Waals surface area contributed by atoms with E-state index in [0.29, 0.717) is 13.1 Å². The molecule has 2 heterocycles. The third-order valence-corrected chi connectivity index (χ3v) is 3.82. The first-order valence-electron chi connectivity index (χ1n) is 7.26. The highest BCUT2D eigenvalue weighted by molar-refractivity contribution is 5.97. The van der Waals surface area contributed by atoms with Crippen LogP contribution in [0.5, 0.6) is 5.75 Å². The Morgan fingerprint density at radius 3 is 2.86 bits per heavy atom. The third-order valence-electron chi connectivity index (χ3n) is 3.82. The summed E-state index contributed by atoms with van der Waals surface area (Å²) in [4.78, 5) is 25.4. The summed E-state index contributed by atoms with van der Waals surface area (Å²) >= 11 is 0. The molecule has 1 fully saturated rings. The van der Waals surface area contributed by atoms with Crippen LogP contribution in [0.15, 0.2) is 24.3 Å². The molecule has 6 nitrogen and oxygen atoms in total. The van der Waals surface area contributed by atoms with Gasteiger partial charge in [0.05, 0.1) is 11.6 Å². The molecule has 1 saturated heterocycles. The maximum Gasteiger partial charge on any atom is 0.265 e. The number of fused-ring (bicyclic) bond motifs is 1. The van der Waals surface area contributed by atoms with Crippen molar-refractivity contribution in [3.63, 3.8) is 0 Å². The van der Waals surface area contributed by atoms with Gasteiger partial charge < -0.3 is 20.3 Å². The fraction of sp³-hybridized carbons (Fsp3) is 0.467. The van der Waals surface area contributed by atoms with E-state index in [2.05, 4.69) is 10.6 Å². The molecular weight excluding hydrogens is 306 g/mol. The van der Waals surface area contributed by atoms with Crippen LogP contribution in [-0.2, 0) is 9.59 Å². The molecule has 2 N–H and O–H groups in total. The van der Waals surface area contributed by atoms with E-state index in [0.717, 1.165) is 30.9 Å². The van der Waals surface area contributed by atoms with E-state index in [1.807, 2.05) is 24.3 Å². The molecule has 0 spiro atoms. The van der Waals surface area contributed by atoms with Gasteiger partial charge in [0.25, 0.3) is 5.91 Å². The van der Waals surface area contributed by atoms with Gasteiger partial charge in [0.2, 0.25) is 5.91 Å². The summed E-state index contributed by atoms with van der Waals surface area (Å²) in [6.45, 7) is 2.78. The highest BCUT2D eigenvalue weighted by Crippen LogP contribution is 2.31. The molecular formula is C15H20ClN3O3. The number of anilines is 1. The van der Waals surface area contributed by atoms with E-state index in [1.54, 1.807) is 4.90 Å². The lowest BCUT2D eigenvalue weighted by atomic mass is 10.0. The van der Waals surface area contributed by atoms with Gasteiger partial charge in [0, 0.05) is 26.2 Å². The average molecular weight is 326 g/mol. The van der Waals surface area contributed by atoms with Crippen LogP contribution in [0.2, 0.25) is 0 Å². The van der Waals surface area contributed by atoms with Crippen molar-refractivity contribution < 1.29 is 14.3 Å². The normalized spacial score (nSPS) is 16.9. The molecule has 22 heavy (non-hydrogen) atoms. The van der Waals surface area contributed by atoms with Crippen molar-refractivity contribution >= 4 is 29.9 Å². The first kappa shape index (κ1) is 16.6. The lowest BCUT2D eigenvalue weighted by Gasteiger charge is -2.29. The van der Waals surface area contributed by atoms with Crippen molar-refractivity contribution in [3.05, 3.63) is 24.3 Å². The van der Waals surface area contributed by atoms with E-state index in [1.165, 1.54) is 0 Å². The molecule has 0 bridgehead atoms. The number of benzene rings is 1. The van der Waals surface area contributed by atoms with Crippen LogP contribution < -0.4 is 20.3 Å². The Hall–Kier alpha value is -1.79. The first-order valence-corrected chi connectivity index (χ1v) is 7.26. The zero-order valence-electron chi connectivity index (χ0n) is 12.2. The number of rotatable bonds is 5. The maximum absolute atomic E-state index is 12.0. The van der Waals surface area contributed by atoms with Crippen LogP contribution in [0.4, 0.5) is 5.69 Å². The standard InChI is InChI=1S/C15H19N3O3.ClH/c19-14-10-21-13-5-2-1-4-12(13)18(14)7-3-6-17-15(20)11-8-16-9-11;/h1-2,4-5,11,16H,3,6-10H2,(H,17,20);1H. The molecule has 1 aromatic carbocycles. The maximum atomic E-state index is 12.0. The summed E-state index contributed by atoms with van der Waals surface area (Å²) in [5, 5.41) is 5.99. The molecule has 0 aromatic heterocycles. The monoisotopic (exact) mass is 325 g/mol. The number of halogens is 1. The van der Waals surface area contributed by atoms with Gasteiger partial charge in [-0.25, -0.2) is 0 Å². The van der Waals surface area contributed by atoms with Crippen LogP contribution in [0, 0.1) is 5.92 Å². The molecule has 0 unspecified atom stereocenters. The number of carbonyl (C=O) groups is 2. The minimum Gasteiger partial charge on any atom is -0.482 e. The quantitative estimate of drug-likeness (QED) is 0.776. The second kappa shape index (κ2) is 7.47. The minimum absolute atomic E-state index is 0. The van der Waals surface area contributed by atoms with Crippen molar-refractivity contribution in [2.24, 2.45) is 5.92 Å². The number of nitrogens with one attached hydrogen (secondary N) is 2. The Morgan fingerprint density at radius 2 is 2.14 bits per heavy atom. The fourth-order valence-electron chi connectivity index (χ4n) is 2.47. The summed E-state index contributed by atoms with van der Waals surface area (Å²) in [6.07, 6.45) is 0.728. The molecule has 3 rings (SSSR count). The minimum atomic E-state index is -0.0387. The van der Waals surface area contributed by atoms with Crippen molar-refractivity contribution in [3.8, 4) is 5.75 Å². The van der Waals surface area contributed by atoms with Gasteiger partial charge in [-0.1, -0.05) is 12.1 Å². The molecule has 0 atom stereocenters. The Morgan fingerprint density at radius 1 is 1.36 bits per heavy atom. The summed E-state index contributed by atoms with van der Waals surface area (Å²) in [5.41, 5.74) is 0.809. The number of amides is 2. The largest absolute Gasteiger partial charge is 0.482 e. The van der Waals surface area contributed by atoms with Gasteiger partial charge in [-0.2, -0.15) is 0 Å². The number of para-hydroxylation sites is 2. The smallest absolute Gasteiger partial charge is 0.265 e. The number of carbonyl (C=O) groups excluding carboxylic acids is 2. The third kappa shape index (κ3) is 3.51. The van der Waals surface area contributed by atoms with Crippen LogP contribution >= 0.6 is 12.4 Å². The molecule has 7 heteroatoms. The molecule has 1 aromatic rings. The van der Waals surface area contributed by atoms with Crippen LogP contribution in [-0.4, -0.2) is 44.6 Å². The first-order chi connectivity index (χ1) is 10.3. The second-order valence-electron chi connectivity index (χ2n) is 5.30. The zero-order chi connectivity index (χ0) is 14.7. The molecule has 0 aliphatic carbocycles. The van der Waals surface area contributed by atoms with Gasteiger partial charge in [0.1, 0.15) is 5.75 Å². The summed E-state index contributed by atoms with van der Waals surface area (Å²) in [7, 11) is 0. The molecule has 0 radical (unpaired) electrons. The van der Waals surface area contributed by atoms with E-state index >= 15 is 0 Å². The predicted molar refractivity (Wildman–Crippen MR) is 85.5 cm³/mol. The SMILES string of the molecule is Cl.O=C(NCCCN1C(=O)COc2ccccc21)C1CNC1. The molecule has 2 aliphatic heterocycles. The van der Waals surface area contributed by atoms with Crippen LogP contribution in [0.3, 0.4) is 0 Å². The number of hydrogen-bond donors (Lipinski definition) is 2. The predicted octanol–water partition coefficient (Wildman–Crippen LogP) is 0.559. The van der Waals surface area contributed by atoms with Crippen LogP contribution in [0.1, 0.15) is 6.42 Å². The molecule has 120 valence electrons. The van der Waals surface area contributed by atoms with Crippen molar-refractivity contribution in [2.75, 3.05) is 37.7 Å². The Labute approximate surface area is 135 Å². The van der Waals surface area contributed by atoms with Crippen molar-refractivity contribution in [1.82, 2.24) is 10.6 Å². The Balaban J connectivity index is 0.00000176. The lowest BCUT2D eigenvalue weighted by molar-refractivity contribution is -0.126. The number of hydrogen-bond acceptors (Lipinski definition) is 4. The average Bonchev–Trinajstić information content (AvgIpc) is 2.43. The molecule has 2 aliphatic rings. The second-order valence-corrected chi connectivity index (χ2v) is 5.30. The van der Waals surface area contributed by atoms with Crippen LogP contribution in [0.25, 0.3) is 0 Å². The van der Waals surface area contributed by atoms with E-state index < -0.39 is 0 Å².